The number of carbonyl (C=O) groups is 1. The van der Waals surface area contributed by atoms with Crippen LogP contribution in [-0.4, -0.2) is 25.5 Å². The Balaban J connectivity index is 2.04. The molecule has 21 heavy (non-hydrogen) atoms. The van der Waals surface area contributed by atoms with Gasteiger partial charge in [-0.25, -0.2) is 0 Å². The van der Waals surface area contributed by atoms with Crippen molar-refractivity contribution in [2.45, 2.75) is 32.7 Å². The third-order valence-electron chi connectivity index (χ3n) is 4.06. The molecule has 0 radical (unpaired) electrons. The van der Waals surface area contributed by atoms with E-state index in [1.54, 1.807) is 0 Å². The molecule has 1 heterocycles. The molecule has 1 aliphatic rings. The quantitative estimate of drug-likeness (QED) is 0.826. The Labute approximate surface area is 135 Å². The Hall–Kier alpha value is -1.07. The Morgan fingerprint density at radius 1 is 1.43 bits per heavy atom. The van der Waals surface area contributed by atoms with E-state index in [1.807, 2.05) is 0 Å². The number of hydrogen-bond donors (Lipinski definition) is 2. The number of nitrogens with zero attached hydrogens (tertiary/aromatic N) is 1. The van der Waals surface area contributed by atoms with E-state index >= 15 is 0 Å². The average Bonchev–Trinajstić information content (AvgIpc) is 2.46. The zero-order valence-electron chi connectivity index (χ0n) is 12.6. The van der Waals surface area contributed by atoms with E-state index in [-0.39, 0.29) is 5.91 Å². The number of benzene rings is 1. The molecule has 1 amide bonds. The van der Waals surface area contributed by atoms with Gasteiger partial charge in [-0.05, 0) is 43.0 Å². The first-order valence-corrected chi connectivity index (χ1v) is 8.41. The highest BCUT2D eigenvalue weighted by molar-refractivity contribution is 9.10. The molecular weight excluding hydrogens is 330 g/mol. The Bertz CT molecular complexity index is 484. The minimum atomic E-state index is -0.177. The van der Waals surface area contributed by atoms with Gasteiger partial charge in [0.15, 0.2) is 0 Å². The minimum absolute atomic E-state index is 0.177. The number of halogens is 1. The lowest BCUT2D eigenvalue weighted by molar-refractivity contribution is -0.119. The van der Waals surface area contributed by atoms with Crippen LogP contribution in [0.4, 0.5) is 5.69 Å². The fourth-order valence-electron chi connectivity index (χ4n) is 2.90. The fraction of sp³-hybridized carbons (Fsp3) is 0.562. The summed E-state index contributed by atoms with van der Waals surface area (Å²) in [4.78, 5) is 13.5. The molecule has 4 nitrogen and oxygen atoms in total. The van der Waals surface area contributed by atoms with Gasteiger partial charge in [-0.1, -0.05) is 28.9 Å². The second kappa shape index (κ2) is 7.80. The van der Waals surface area contributed by atoms with Crippen molar-refractivity contribution in [2.24, 2.45) is 11.7 Å². The summed E-state index contributed by atoms with van der Waals surface area (Å²) in [6.45, 7) is 5.96. The molecule has 3 N–H and O–H groups in total. The largest absolute Gasteiger partial charge is 0.371 e. The second-order valence-electron chi connectivity index (χ2n) is 5.65. The standard InChI is InChI=1S/C16H24BrN3O/c1-2-19-11-13-3-4-14(17)10-15(13)20-7-5-12(6-8-20)9-16(18)21/h3-4,10,12,19H,2,5-9,11H2,1H3,(H2,18,21). The van der Waals surface area contributed by atoms with Gasteiger partial charge in [-0.3, -0.25) is 4.79 Å². The molecule has 0 saturated carbocycles. The number of hydrogen-bond acceptors (Lipinski definition) is 3. The lowest BCUT2D eigenvalue weighted by atomic mass is 9.92. The lowest BCUT2D eigenvalue weighted by Crippen LogP contribution is -2.36. The summed E-state index contributed by atoms with van der Waals surface area (Å²) in [7, 11) is 0. The van der Waals surface area contributed by atoms with Gasteiger partial charge in [0, 0.05) is 36.2 Å². The summed E-state index contributed by atoms with van der Waals surface area (Å²) in [6, 6.07) is 6.47. The van der Waals surface area contributed by atoms with Crippen LogP contribution in [0.15, 0.2) is 22.7 Å². The number of nitrogens with one attached hydrogen (secondary N) is 1. The van der Waals surface area contributed by atoms with Gasteiger partial charge >= 0.3 is 0 Å². The Morgan fingerprint density at radius 2 is 2.14 bits per heavy atom. The zero-order valence-corrected chi connectivity index (χ0v) is 14.2. The summed E-state index contributed by atoms with van der Waals surface area (Å²) >= 11 is 3.57. The van der Waals surface area contributed by atoms with Crippen LogP contribution in [0.3, 0.4) is 0 Å². The normalized spacial score (nSPS) is 16.2. The van der Waals surface area contributed by atoms with Crippen LogP contribution >= 0.6 is 15.9 Å². The van der Waals surface area contributed by atoms with Crippen molar-refractivity contribution >= 4 is 27.5 Å². The first-order valence-electron chi connectivity index (χ1n) is 7.62. The van der Waals surface area contributed by atoms with Gasteiger partial charge in [0.05, 0.1) is 0 Å². The summed E-state index contributed by atoms with van der Waals surface area (Å²) < 4.78 is 1.11. The molecule has 0 bridgehead atoms. The monoisotopic (exact) mass is 353 g/mol. The molecular formula is C16H24BrN3O. The molecule has 1 aromatic carbocycles. The van der Waals surface area contributed by atoms with Crippen molar-refractivity contribution in [1.82, 2.24) is 5.32 Å². The van der Waals surface area contributed by atoms with Gasteiger partial charge in [-0.15, -0.1) is 0 Å². The van der Waals surface area contributed by atoms with Crippen LogP contribution in [-0.2, 0) is 11.3 Å². The zero-order chi connectivity index (χ0) is 15.2. The first-order chi connectivity index (χ1) is 10.1. The molecule has 1 aliphatic heterocycles. The van der Waals surface area contributed by atoms with Crippen molar-refractivity contribution in [3.05, 3.63) is 28.2 Å². The molecule has 0 aromatic heterocycles. The minimum Gasteiger partial charge on any atom is -0.371 e. The number of piperidine rings is 1. The maximum atomic E-state index is 11.0. The van der Waals surface area contributed by atoms with Gasteiger partial charge in [0.1, 0.15) is 0 Å². The van der Waals surface area contributed by atoms with Gasteiger partial charge in [-0.2, -0.15) is 0 Å². The van der Waals surface area contributed by atoms with E-state index in [1.165, 1.54) is 11.3 Å². The Kier molecular flexibility index (Phi) is 6.06. The van der Waals surface area contributed by atoms with E-state index in [0.717, 1.165) is 43.5 Å². The van der Waals surface area contributed by atoms with E-state index in [0.29, 0.717) is 12.3 Å². The highest BCUT2D eigenvalue weighted by Gasteiger charge is 2.22. The van der Waals surface area contributed by atoms with Crippen LogP contribution < -0.4 is 16.0 Å². The van der Waals surface area contributed by atoms with E-state index < -0.39 is 0 Å². The van der Waals surface area contributed by atoms with Crippen molar-refractivity contribution in [3.63, 3.8) is 0 Å². The van der Waals surface area contributed by atoms with E-state index in [4.69, 9.17) is 5.73 Å². The highest BCUT2D eigenvalue weighted by Crippen LogP contribution is 2.30. The number of nitrogens with two attached hydrogens (primary N) is 1. The smallest absolute Gasteiger partial charge is 0.217 e. The molecule has 116 valence electrons. The molecule has 0 unspecified atom stereocenters. The fourth-order valence-corrected chi connectivity index (χ4v) is 3.25. The number of rotatable bonds is 6. The van der Waals surface area contributed by atoms with Gasteiger partial charge < -0.3 is 16.0 Å². The third kappa shape index (κ3) is 4.71. The third-order valence-corrected chi connectivity index (χ3v) is 4.55. The van der Waals surface area contributed by atoms with Crippen LogP contribution in [0.1, 0.15) is 31.7 Å². The molecule has 1 fully saturated rings. The van der Waals surface area contributed by atoms with Gasteiger partial charge in [0.2, 0.25) is 5.91 Å². The van der Waals surface area contributed by atoms with Crippen LogP contribution in [0, 0.1) is 5.92 Å². The van der Waals surface area contributed by atoms with Crippen molar-refractivity contribution < 1.29 is 4.79 Å². The number of amides is 1. The van der Waals surface area contributed by atoms with E-state index in [9.17, 15) is 4.79 Å². The molecule has 0 spiro atoms. The predicted molar refractivity (Wildman–Crippen MR) is 90.3 cm³/mol. The number of carbonyl (C=O) groups excluding carboxylic acids is 1. The van der Waals surface area contributed by atoms with Crippen molar-refractivity contribution in [3.8, 4) is 0 Å². The summed E-state index contributed by atoms with van der Waals surface area (Å²) in [5.41, 5.74) is 7.92. The molecule has 0 aliphatic carbocycles. The summed E-state index contributed by atoms with van der Waals surface area (Å²) in [5, 5.41) is 3.40. The van der Waals surface area contributed by atoms with E-state index in [2.05, 4.69) is 51.3 Å². The maximum Gasteiger partial charge on any atom is 0.217 e. The number of primary amides is 1. The first kappa shape index (κ1) is 16.3. The summed E-state index contributed by atoms with van der Waals surface area (Å²) in [5.74, 6) is 0.270. The predicted octanol–water partition coefficient (Wildman–Crippen LogP) is 2.65. The maximum absolute atomic E-state index is 11.0. The highest BCUT2D eigenvalue weighted by atomic mass is 79.9. The van der Waals surface area contributed by atoms with Gasteiger partial charge in [0.25, 0.3) is 0 Å². The molecule has 5 heteroatoms. The second-order valence-corrected chi connectivity index (χ2v) is 6.57. The molecule has 1 aromatic rings. The summed E-state index contributed by atoms with van der Waals surface area (Å²) in [6.07, 6.45) is 2.60. The number of anilines is 1. The van der Waals surface area contributed by atoms with Crippen LogP contribution in [0.25, 0.3) is 0 Å². The van der Waals surface area contributed by atoms with Crippen molar-refractivity contribution in [2.75, 3.05) is 24.5 Å². The molecule has 1 saturated heterocycles. The van der Waals surface area contributed by atoms with Crippen LogP contribution in [0.5, 0.6) is 0 Å². The topological polar surface area (TPSA) is 58.4 Å². The molecule has 2 rings (SSSR count). The lowest BCUT2D eigenvalue weighted by Gasteiger charge is -2.34. The average molecular weight is 354 g/mol. The SMILES string of the molecule is CCNCc1ccc(Br)cc1N1CCC(CC(N)=O)CC1. The Morgan fingerprint density at radius 3 is 2.76 bits per heavy atom. The van der Waals surface area contributed by atoms with Crippen molar-refractivity contribution in [1.29, 1.82) is 0 Å². The van der Waals surface area contributed by atoms with Crippen LogP contribution in [0.2, 0.25) is 0 Å². The molecule has 0 atom stereocenters.